The number of fused-ring (bicyclic) bond motifs is 1. The lowest BCUT2D eigenvalue weighted by Crippen LogP contribution is -2.44. The van der Waals surface area contributed by atoms with Gasteiger partial charge in [-0.1, -0.05) is 24.1 Å². The Bertz CT molecular complexity index is 1140. The van der Waals surface area contributed by atoms with Crippen molar-refractivity contribution in [3.05, 3.63) is 53.9 Å². The van der Waals surface area contributed by atoms with Gasteiger partial charge in [-0.2, -0.15) is 10.2 Å². The molecule has 1 saturated carbocycles. The second-order valence-electron chi connectivity index (χ2n) is 9.81. The number of aromatic nitrogens is 2. The van der Waals surface area contributed by atoms with Gasteiger partial charge < -0.3 is 10.2 Å². The molecule has 176 valence electrons. The maximum absolute atomic E-state index is 13.3. The minimum atomic E-state index is -0.447. The number of aryl methyl sites for hydroxylation is 1. The lowest BCUT2D eigenvalue weighted by molar-refractivity contribution is -0.118. The molecule has 1 aliphatic carbocycles. The van der Waals surface area contributed by atoms with Crippen LogP contribution in [0.4, 0.5) is 5.82 Å². The number of carbonyl (C=O) groups excluding carboxylic acids is 1. The van der Waals surface area contributed by atoms with Crippen LogP contribution in [0.1, 0.15) is 49.3 Å². The number of amides is 1. The van der Waals surface area contributed by atoms with E-state index in [-0.39, 0.29) is 12.1 Å². The zero-order valence-electron chi connectivity index (χ0n) is 19.5. The SMILES string of the molecule is Cc1ccc(-n2nc(C3CCN(C4CCC4)CC3)cc2NC(=O)C2C=NN3C=CC=NC23)cc1. The van der Waals surface area contributed by atoms with E-state index in [1.807, 2.05) is 17.0 Å². The maximum atomic E-state index is 13.3. The van der Waals surface area contributed by atoms with Crippen LogP contribution in [0.2, 0.25) is 0 Å². The number of rotatable bonds is 5. The monoisotopic (exact) mass is 457 g/mol. The fourth-order valence-electron chi connectivity index (χ4n) is 5.31. The molecular formula is C26H31N7O. The molecule has 0 bridgehead atoms. The molecule has 1 aromatic heterocycles. The molecule has 1 amide bonds. The van der Waals surface area contributed by atoms with Gasteiger partial charge in [0.1, 0.15) is 11.7 Å². The van der Waals surface area contributed by atoms with E-state index < -0.39 is 5.92 Å². The Hall–Kier alpha value is -3.26. The van der Waals surface area contributed by atoms with E-state index in [0.717, 1.165) is 43.4 Å². The molecule has 0 spiro atoms. The minimum Gasteiger partial charge on any atom is -0.310 e. The van der Waals surface area contributed by atoms with Gasteiger partial charge in [0.15, 0.2) is 6.17 Å². The lowest BCUT2D eigenvalue weighted by atomic mass is 9.87. The van der Waals surface area contributed by atoms with Gasteiger partial charge in [0.05, 0.1) is 11.4 Å². The molecular weight excluding hydrogens is 426 g/mol. The van der Waals surface area contributed by atoms with Crippen molar-refractivity contribution in [2.45, 2.75) is 57.2 Å². The van der Waals surface area contributed by atoms with Crippen LogP contribution < -0.4 is 5.32 Å². The van der Waals surface area contributed by atoms with Crippen LogP contribution in [-0.4, -0.2) is 63.3 Å². The number of carbonyl (C=O) groups is 1. The Morgan fingerprint density at radius 3 is 2.62 bits per heavy atom. The van der Waals surface area contributed by atoms with Gasteiger partial charge in [-0.15, -0.1) is 0 Å². The second kappa shape index (κ2) is 8.83. The number of hydrogen-bond donors (Lipinski definition) is 1. The molecule has 4 heterocycles. The van der Waals surface area contributed by atoms with E-state index in [1.165, 1.54) is 24.8 Å². The number of nitrogens with one attached hydrogen (secondary N) is 1. The number of nitrogens with zero attached hydrogens (tertiary/aromatic N) is 6. The van der Waals surface area contributed by atoms with Crippen LogP contribution in [0.15, 0.2) is 52.7 Å². The van der Waals surface area contributed by atoms with Crippen molar-refractivity contribution in [2.75, 3.05) is 18.4 Å². The normalized spacial score (nSPS) is 24.9. The molecule has 34 heavy (non-hydrogen) atoms. The second-order valence-corrected chi connectivity index (χ2v) is 9.81. The summed E-state index contributed by atoms with van der Waals surface area (Å²) in [5.41, 5.74) is 3.19. The Morgan fingerprint density at radius 1 is 1.09 bits per heavy atom. The van der Waals surface area contributed by atoms with Crippen molar-refractivity contribution in [1.82, 2.24) is 19.7 Å². The molecule has 1 saturated heterocycles. The molecule has 0 radical (unpaired) electrons. The van der Waals surface area contributed by atoms with Gasteiger partial charge in [-0.05, 0) is 63.9 Å². The molecule has 1 N–H and O–H groups in total. The number of piperidine rings is 1. The summed E-state index contributed by atoms with van der Waals surface area (Å²) in [7, 11) is 0. The van der Waals surface area contributed by atoms with Gasteiger partial charge in [0.25, 0.3) is 0 Å². The van der Waals surface area contributed by atoms with Gasteiger partial charge >= 0.3 is 0 Å². The lowest BCUT2D eigenvalue weighted by Gasteiger charge is -2.41. The summed E-state index contributed by atoms with van der Waals surface area (Å²) in [5, 5.41) is 14.2. The van der Waals surface area contributed by atoms with Gasteiger partial charge in [0, 0.05) is 36.7 Å². The average Bonchev–Trinajstić information content (AvgIpc) is 3.44. The summed E-state index contributed by atoms with van der Waals surface area (Å²) in [5.74, 6) is 0.544. The predicted molar refractivity (Wildman–Crippen MR) is 133 cm³/mol. The third kappa shape index (κ3) is 3.96. The van der Waals surface area contributed by atoms with Crippen molar-refractivity contribution in [2.24, 2.45) is 16.0 Å². The fraction of sp³-hybridized carbons (Fsp3) is 0.462. The van der Waals surface area contributed by atoms with Crippen molar-refractivity contribution in [3.8, 4) is 5.69 Å². The topological polar surface area (TPSA) is 78.1 Å². The first-order chi connectivity index (χ1) is 16.7. The molecule has 2 atom stereocenters. The first-order valence-electron chi connectivity index (χ1n) is 12.4. The Morgan fingerprint density at radius 2 is 1.88 bits per heavy atom. The van der Waals surface area contributed by atoms with E-state index >= 15 is 0 Å². The molecule has 2 unspecified atom stereocenters. The van der Waals surface area contributed by atoms with Crippen LogP contribution in [0, 0.1) is 12.8 Å². The van der Waals surface area contributed by atoms with Crippen molar-refractivity contribution in [1.29, 1.82) is 0 Å². The van der Waals surface area contributed by atoms with Gasteiger partial charge in [0.2, 0.25) is 5.91 Å². The molecule has 8 nitrogen and oxygen atoms in total. The molecule has 2 aromatic rings. The fourth-order valence-corrected chi connectivity index (χ4v) is 5.31. The number of aliphatic imine (C=N–C) groups is 1. The van der Waals surface area contributed by atoms with Gasteiger partial charge in [-0.3, -0.25) is 9.79 Å². The first kappa shape index (κ1) is 21.3. The first-order valence-corrected chi connectivity index (χ1v) is 12.4. The summed E-state index contributed by atoms with van der Waals surface area (Å²) < 4.78 is 1.87. The quantitative estimate of drug-likeness (QED) is 0.743. The summed E-state index contributed by atoms with van der Waals surface area (Å²) >= 11 is 0. The predicted octanol–water partition coefficient (Wildman–Crippen LogP) is 3.69. The zero-order chi connectivity index (χ0) is 23.1. The molecule has 3 aliphatic heterocycles. The van der Waals surface area contributed by atoms with Crippen LogP contribution in [0.5, 0.6) is 0 Å². The van der Waals surface area contributed by atoms with Crippen molar-refractivity contribution in [3.63, 3.8) is 0 Å². The minimum absolute atomic E-state index is 0.122. The number of anilines is 1. The number of benzene rings is 1. The van der Waals surface area contributed by atoms with Crippen molar-refractivity contribution >= 4 is 24.2 Å². The largest absolute Gasteiger partial charge is 0.310 e. The summed E-state index contributed by atoms with van der Waals surface area (Å²) in [6.07, 6.45) is 13.0. The van der Waals surface area contributed by atoms with E-state index in [2.05, 4.69) is 57.6 Å². The molecule has 8 heteroatoms. The van der Waals surface area contributed by atoms with Crippen LogP contribution >= 0.6 is 0 Å². The third-order valence-corrected chi connectivity index (χ3v) is 7.62. The highest BCUT2D eigenvalue weighted by molar-refractivity contribution is 6.03. The maximum Gasteiger partial charge on any atom is 0.238 e. The molecule has 1 aromatic carbocycles. The van der Waals surface area contributed by atoms with Crippen LogP contribution in [0.25, 0.3) is 5.69 Å². The third-order valence-electron chi connectivity index (χ3n) is 7.62. The summed E-state index contributed by atoms with van der Waals surface area (Å²) in [6, 6.07) is 11.1. The highest BCUT2D eigenvalue weighted by atomic mass is 16.2. The van der Waals surface area contributed by atoms with Crippen molar-refractivity contribution < 1.29 is 4.79 Å². The summed E-state index contributed by atoms with van der Waals surface area (Å²) in [4.78, 5) is 20.4. The number of hydrogen-bond acceptors (Lipinski definition) is 6. The van der Waals surface area contributed by atoms with E-state index in [0.29, 0.717) is 11.7 Å². The molecule has 2 fully saturated rings. The Balaban J connectivity index is 1.24. The highest BCUT2D eigenvalue weighted by Gasteiger charge is 2.36. The highest BCUT2D eigenvalue weighted by Crippen LogP contribution is 2.34. The Kier molecular flexibility index (Phi) is 5.53. The van der Waals surface area contributed by atoms with E-state index in [9.17, 15) is 4.79 Å². The smallest absolute Gasteiger partial charge is 0.238 e. The zero-order valence-corrected chi connectivity index (χ0v) is 19.5. The average molecular weight is 458 g/mol. The number of hydrazone groups is 1. The molecule has 4 aliphatic rings. The molecule has 6 rings (SSSR count). The van der Waals surface area contributed by atoms with Gasteiger partial charge in [-0.25, -0.2) is 9.69 Å². The summed E-state index contributed by atoms with van der Waals surface area (Å²) in [6.45, 7) is 4.34. The van der Waals surface area contributed by atoms with E-state index in [4.69, 9.17) is 5.10 Å². The Labute approximate surface area is 200 Å². The van der Waals surface area contributed by atoms with E-state index in [1.54, 1.807) is 17.4 Å². The number of likely N-dealkylation sites (tertiary alicyclic amines) is 1. The van der Waals surface area contributed by atoms with Crippen LogP contribution in [0.3, 0.4) is 0 Å². The van der Waals surface area contributed by atoms with Crippen LogP contribution in [-0.2, 0) is 4.79 Å². The standard InChI is InChI=1S/C26H31N7O/c1-18-6-8-21(9-7-18)33-24(29-26(34)22-17-28-32-13-3-12-27-25(22)32)16-23(30-33)19-10-14-31(15-11-19)20-4-2-5-20/h3,6-9,12-13,16-17,19-20,22,25H,2,4-5,10-11,14-15H2,1H3,(H,29,34). The number of allylic oxidation sites excluding steroid dienone is 1.